The van der Waals surface area contributed by atoms with Gasteiger partial charge >= 0.3 is 0 Å². The molecule has 0 aliphatic carbocycles. The summed E-state index contributed by atoms with van der Waals surface area (Å²) in [5.41, 5.74) is 1.98. The third-order valence-corrected chi connectivity index (χ3v) is 5.13. The molecular weight excluding hydrogens is 364 g/mol. The van der Waals surface area contributed by atoms with Crippen LogP contribution in [0, 0.1) is 6.92 Å². The summed E-state index contributed by atoms with van der Waals surface area (Å²) in [4.78, 5) is 0.120. The Morgan fingerprint density at radius 3 is 2.22 bits per heavy atom. The first-order chi connectivity index (χ1) is 13.0. The van der Waals surface area contributed by atoms with Crippen LogP contribution in [0.1, 0.15) is 12.5 Å². The summed E-state index contributed by atoms with van der Waals surface area (Å²) in [6.07, 6.45) is 0. The van der Waals surface area contributed by atoms with Crippen LogP contribution in [-0.4, -0.2) is 25.2 Å². The second-order valence-electron chi connectivity index (χ2n) is 5.75. The van der Waals surface area contributed by atoms with Crippen LogP contribution in [0.5, 0.6) is 5.75 Å². The minimum absolute atomic E-state index is 0.120. The van der Waals surface area contributed by atoms with E-state index in [2.05, 4.69) is 20.2 Å². The molecule has 0 bridgehead atoms. The van der Waals surface area contributed by atoms with Gasteiger partial charge in [-0.3, -0.25) is 4.72 Å². The lowest BCUT2D eigenvalue weighted by molar-refractivity contribution is 0.340. The molecule has 2 N–H and O–H groups in total. The molecule has 140 valence electrons. The summed E-state index contributed by atoms with van der Waals surface area (Å²) < 4.78 is 32.6. The van der Waals surface area contributed by atoms with E-state index in [9.17, 15) is 8.42 Å². The number of hydrogen-bond acceptors (Lipinski definition) is 6. The first kappa shape index (κ1) is 18.7. The molecular formula is C19H20N4O3S. The van der Waals surface area contributed by atoms with Crippen molar-refractivity contribution in [3.63, 3.8) is 0 Å². The Kier molecular flexibility index (Phi) is 5.56. The van der Waals surface area contributed by atoms with E-state index in [-0.39, 0.29) is 10.7 Å². The van der Waals surface area contributed by atoms with Crippen LogP contribution in [0.25, 0.3) is 0 Å². The van der Waals surface area contributed by atoms with Gasteiger partial charge in [-0.05, 0) is 61.9 Å². The van der Waals surface area contributed by atoms with E-state index in [4.69, 9.17) is 4.74 Å². The Morgan fingerprint density at radius 1 is 0.926 bits per heavy atom. The smallest absolute Gasteiger partial charge is 0.263 e. The minimum Gasteiger partial charge on any atom is -0.494 e. The lowest BCUT2D eigenvalue weighted by atomic mass is 10.2. The highest BCUT2D eigenvalue weighted by Crippen LogP contribution is 2.21. The molecule has 3 rings (SSSR count). The molecule has 0 radical (unpaired) electrons. The normalized spacial score (nSPS) is 11.0. The van der Waals surface area contributed by atoms with Crippen LogP contribution in [0.4, 0.5) is 17.3 Å². The molecule has 0 aliphatic rings. The van der Waals surface area contributed by atoms with Crippen molar-refractivity contribution in [2.45, 2.75) is 18.7 Å². The monoisotopic (exact) mass is 384 g/mol. The number of ether oxygens (including phenoxy) is 1. The average molecular weight is 384 g/mol. The molecule has 1 aromatic heterocycles. The van der Waals surface area contributed by atoms with Crippen LogP contribution in [0.2, 0.25) is 0 Å². The molecule has 2 aromatic carbocycles. The molecule has 0 atom stereocenters. The van der Waals surface area contributed by atoms with Crippen molar-refractivity contribution in [2.24, 2.45) is 0 Å². The minimum atomic E-state index is -3.75. The zero-order chi connectivity index (χ0) is 19.3. The number of rotatable bonds is 7. The van der Waals surface area contributed by atoms with E-state index < -0.39 is 10.0 Å². The summed E-state index contributed by atoms with van der Waals surface area (Å²) >= 11 is 0. The number of sulfonamides is 1. The third-order valence-electron chi connectivity index (χ3n) is 3.76. The largest absolute Gasteiger partial charge is 0.494 e. The maximum atomic E-state index is 12.5. The summed E-state index contributed by atoms with van der Waals surface area (Å²) in [6.45, 7) is 4.36. The number of anilines is 3. The molecule has 0 spiro atoms. The molecule has 0 aliphatic heterocycles. The van der Waals surface area contributed by atoms with Gasteiger partial charge in [-0.2, -0.15) is 0 Å². The summed E-state index contributed by atoms with van der Waals surface area (Å²) in [6, 6.07) is 17.2. The van der Waals surface area contributed by atoms with Crippen molar-refractivity contribution in [1.29, 1.82) is 0 Å². The number of nitrogens with one attached hydrogen (secondary N) is 2. The van der Waals surface area contributed by atoms with E-state index >= 15 is 0 Å². The molecule has 1 heterocycles. The Bertz CT molecular complexity index is 1000. The van der Waals surface area contributed by atoms with Gasteiger partial charge in [0.1, 0.15) is 5.75 Å². The molecule has 8 heteroatoms. The predicted molar refractivity (Wildman–Crippen MR) is 105 cm³/mol. The standard InChI is InChI=1S/C19H20N4O3S/c1-3-26-15-8-10-16(11-9-15)27(24,25)23-19-13-12-18(21-22-19)20-17-7-5-4-6-14(17)2/h4-13H,3H2,1-2H3,(H,20,21)(H,22,23). The zero-order valence-corrected chi connectivity index (χ0v) is 15.8. The first-order valence-electron chi connectivity index (χ1n) is 8.40. The van der Waals surface area contributed by atoms with Crippen molar-refractivity contribution in [3.8, 4) is 5.75 Å². The van der Waals surface area contributed by atoms with E-state index in [0.717, 1.165) is 11.3 Å². The maximum absolute atomic E-state index is 12.5. The molecule has 0 amide bonds. The fourth-order valence-electron chi connectivity index (χ4n) is 2.38. The number of hydrogen-bond donors (Lipinski definition) is 2. The maximum Gasteiger partial charge on any atom is 0.263 e. The lowest BCUT2D eigenvalue weighted by Gasteiger charge is -2.10. The first-order valence-corrected chi connectivity index (χ1v) is 9.88. The Balaban J connectivity index is 1.70. The topological polar surface area (TPSA) is 93.2 Å². The molecule has 3 aromatic rings. The summed E-state index contributed by atoms with van der Waals surface area (Å²) in [5, 5.41) is 11.1. The van der Waals surface area contributed by atoms with Gasteiger partial charge in [-0.1, -0.05) is 18.2 Å². The quantitative estimate of drug-likeness (QED) is 0.645. The van der Waals surface area contributed by atoms with Gasteiger partial charge in [-0.15, -0.1) is 10.2 Å². The van der Waals surface area contributed by atoms with Gasteiger partial charge in [0, 0.05) is 5.69 Å². The van der Waals surface area contributed by atoms with Gasteiger partial charge in [-0.25, -0.2) is 8.42 Å². The van der Waals surface area contributed by atoms with Crippen molar-refractivity contribution in [3.05, 3.63) is 66.2 Å². The number of para-hydroxylation sites is 1. The fraction of sp³-hybridized carbons (Fsp3) is 0.158. The highest BCUT2D eigenvalue weighted by Gasteiger charge is 2.15. The van der Waals surface area contributed by atoms with E-state index in [0.29, 0.717) is 18.2 Å². The summed E-state index contributed by atoms with van der Waals surface area (Å²) in [7, 11) is -3.75. The molecule has 0 fully saturated rings. The Hall–Kier alpha value is -3.13. The number of nitrogens with zero attached hydrogens (tertiary/aromatic N) is 2. The van der Waals surface area contributed by atoms with Gasteiger partial charge in [0.25, 0.3) is 10.0 Å². The van der Waals surface area contributed by atoms with Crippen molar-refractivity contribution in [2.75, 3.05) is 16.6 Å². The van der Waals surface area contributed by atoms with E-state index in [1.54, 1.807) is 24.3 Å². The van der Waals surface area contributed by atoms with E-state index in [1.165, 1.54) is 12.1 Å². The Labute approximate surface area is 158 Å². The number of benzene rings is 2. The zero-order valence-electron chi connectivity index (χ0n) is 15.0. The van der Waals surface area contributed by atoms with Gasteiger partial charge in [0.15, 0.2) is 11.6 Å². The van der Waals surface area contributed by atoms with Crippen molar-refractivity contribution in [1.82, 2.24) is 10.2 Å². The molecule has 7 nitrogen and oxygen atoms in total. The van der Waals surface area contributed by atoms with Crippen LogP contribution in [0.3, 0.4) is 0 Å². The highest BCUT2D eigenvalue weighted by molar-refractivity contribution is 7.92. The predicted octanol–water partition coefficient (Wildman–Crippen LogP) is 3.73. The van der Waals surface area contributed by atoms with Crippen LogP contribution in [0.15, 0.2) is 65.6 Å². The number of aryl methyl sites for hydroxylation is 1. The second kappa shape index (κ2) is 8.05. The molecule has 27 heavy (non-hydrogen) atoms. The average Bonchev–Trinajstić information content (AvgIpc) is 2.66. The SMILES string of the molecule is CCOc1ccc(S(=O)(=O)Nc2ccc(Nc3ccccc3C)nn2)cc1. The Morgan fingerprint density at radius 2 is 1.59 bits per heavy atom. The van der Waals surface area contributed by atoms with Gasteiger partial charge in [0.2, 0.25) is 0 Å². The lowest BCUT2D eigenvalue weighted by Crippen LogP contribution is -2.14. The van der Waals surface area contributed by atoms with Crippen molar-refractivity contribution < 1.29 is 13.2 Å². The molecule has 0 saturated carbocycles. The van der Waals surface area contributed by atoms with Gasteiger partial charge < -0.3 is 10.1 Å². The molecule has 0 unspecified atom stereocenters. The third kappa shape index (κ3) is 4.73. The van der Waals surface area contributed by atoms with Crippen LogP contribution >= 0.6 is 0 Å². The molecule has 0 saturated heterocycles. The van der Waals surface area contributed by atoms with Crippen LogP contribution in [-0.2, 0) is 10.0 Å². The number of aromatic nitrogens is 2. The van der Waals surface area contributed by atoms with Crippen LogP contribution < -0.4 is 14.8 Å². The van der Waals surface area contributed by atoms with E-state index in [1.807, 2.05) is 38.1 Å². The van der Waals surface area contributed by atoms with Gasteiger partial charge in [0.05, 0.1) is 11.5 Å². The highest BCUT2D eigenvalue weighted by atomic mass is 32.2. The van der Waals surface area contributed by atoms with Crippen molar-refractivity contribution >= 4 is 27.3 Å². The summed E-state index contributed by atoms with van der Waals surface area (Å²) in [5.74, 6) is 1.27. The second-order valence-corrected chi connectivity index (χ2v) is 7.44. The fourth-order valence-corrected chi connectivity index (χ4v) is 3.38.